The molecule has 0 aliphatic rings. The summed E-state index contributed by atoms with van der Waals surface area (Å²) in [5.74, 6) is -16.9. The largest absolute Gasteiger partial charge is 0.481 e. The molecule has 2 aromatic rings. The fourth-order valence-electron chi connectivity index (χ4n) is 8.70. The molecule has 0 fully saturated rings. The van der Waals surface area contributed by atoms with Crippen LogP contribution in [0.1, 0.15) is 111 Å². The molecular weight excluding hydrogens is 1180 g/mol. The van der Waals surface area contributed by atoms with E-state index in [1.54, 1.807) is 58.0 Å². The smallest absolute Gasteiger partial charge is 0.326 e. The zero-order chi connectivity index (χ0) is 67.9. The number of aliphatic hydroxyl groups excluding tert-OH is 2. The molecule has 12 amide bonds. The summed E-state index contributed by atoms with van der Waals surface area (Å²) in [5.41, 5.74) is 23.2. The number of carboxylic acids is 2. The van der Waals surface area contributed by atoms with Crippen LogP contribution in [0.5, 0.6) is 0 Å². The average molecular weight is 1270 g/mol. The molecule has 0 spiro atoms. The molecular formula is C56H88N16O18. The van der Waals surface area contributed by atoms with Crippen molar-refractivity contribution in [2.24, 2.45) is 34.8 Å². The van der Waals surface area contributed by atoms with Gasteiger partial charge in [-0.2, -0.15) is 0 Å². The van der Waals surface area contributed by atoms with E-state index in [1.165, 1.54) is 19.4 Å². The number of aliphatic hydroxyl groups is 2. The minimum absolute atomic E-state index is 0.0212. The molecule has 34 heteroatoms. The van der Waals surface area contributed by atoms with Crippen molar-refractivity contribution in [2.75, 3.05) is 13.2 Å². The highest BCUT2D eigenvalue weighted by Gasteiger charge is 2.38. The summed E-state index contributed by atoms with van der Waals surface area (Å²) < 4.78 is 0. The number of unbranched alkanes of at least 4 members (excludes halogenated alkanes) is 1. The third-order valence-electron chi connectivity index (χ3n) is 13.9. The van der Waals surface area contributed by atoms with E-state index in [1.807, 2.05) is 0 Å². The molecule has 0 bridgehead atoms. The minimum Gasteiger partial charge on any atom is -0.481 e. The summed E-state index contributed by atoms with van der Waals surface area (Å²) in [5, 5.41) is 63.6. The van der Waals surface area contributed by atoms with Crippen molar-refractivity contribution in [3.63, 3.8) is 0 Å². The van der Waals surface area contributed by atoms with E-state index in [2.05, 4.69) is 63.1 Å². The molecule has 34 nitrogen and oxygen atoms in total. The Hall–Kier alpha value is -9.15. The highest BCUT2D eigenvalue weighted by Crippen LogP contribution is 2.14. The number of nitrogens with zero attached hydrogens (tertiary/aromatic N) is 1. The Morgan fingerprint density at radius 3 is 1.56 bits per heavy atom. The van der Waals surface area contributed by atoms with Crippen LogP contribution in [0.25, 0.3) is 0 Å². The number of nitrogens with two attached hydrogens (primary N) is 4. The Balaban J connectivity index is 2.42. The first-order valence-corrected chi connectivity index (χ1v) is 29.1. The Morgan fingerprint density at radius 1 is 0.556 bits per heavy atom. The summed E-state index contributed by atoms with van der Waals surface area (Å²) in [6.07, 6.45) is -1.52. The maximum absolute atomic E-state index is 14.5. The first kappa shape index (κ1) is 76.9. The SMILES string of the molecule is CC[C@H](C)[C@H](NC(=O)[C@@H](NC(=O)[C@H](CO)NC(=O)[C@@H](N)Cc1cnc[nH]1)[C@@H](C)O)C(=O)N[C@@H](Cc1ccccc1)C(=O)N[C@@H](CCC(=O)O)C(=O)N[C@@H](CC(N)=O)C(=O)N[C@@H](CC(C)C)C(=O)N[C@@H](C)C(=O)N[C@@H](CC(N)=O)C(=O)N[C@@H](CCCCN)C(=O)O. The van der Waals surface area contributed by atoms with Crippen LogP contribution in [0.3, 0.4) is 0 Å². The molecule has 0 aliphatic carbocycles. The number of imidazole rings is 1. The van der Waals surface area contributed by atoms with Crippen molar-refractivity contribution >= 4 is 82.8 Å². The summed E-state index contributed by atoms with van der Waals surface area (Å²) in [7, 11) is 0. The van der Waals surface area contributed by atoms with Crippen molar-refractivity contribution in [3.8, 4) is 0 Å². The van der Waals surface area contributed by atoms with Gasteiger partial charge in [0.25, 0.3) is 0 Å². The predicted octanol–water partition coefficient (Wildman–Crippen LogP) is -6.32. The van der Waals surface area contributed by atoms with Crippen LogP contribution in [0.2, 0.25) is 0 Å². The standard InChI is InChI=1S/C56H88N16O18/c1-7-28(4)44(71-55(88)45(30(6)74)72-53(86)40(25-73)70-47(80)33(58)21-32-24-61-26-62-32)54(87)69-37(20-31-13-9-8-10-14-31)50(83)64-34(16-17-43(77)78)48(81)68-39(23-42(60)76)52(85)67-36(19-27(2)3)49(82)63-29(5)46(79)66-38(22-41(59)75)51(84)65-35(56(89)90)15-11-12-18-57/h8-10,13-14,24,26-30,33-40,44-45,73-74H,7,11-12,15-23,25,57-58H2,1-6H3,(H2,59,75)(H2,60,76)(H,61,62)(H,63,82)(H,64,83)(H,65,84)(H,66,79)(H,67,85)(H,68,81)(H,69,87)(H,70,80)(H,71,88)(H,72,86)(H,77,78)(H,89,90)/t28-,29-,30+,33-,34-,35-,36-,37-,38-,39-,40-,44-,45-/m0/s1. The van der Waals surface area contributed by atoms with Crippen LogP contribution in [0, 0.1) is 11.8 Å². The molecule has 0 unspecified atom stereocenters. The van der Waals surface area contributed by atoms with Crippen molar-refractivity contribution in [1.29, 1.82) is 0 Å². The first-order chi connectivity index (χ1) is 42.3. The highest BCUT2D eigenvalue weighted by atomic mass is 16.4. The van der Waals surface area contributed by atoms with Gasteiger partial charge < -0.3 is 102 Å². The van der Waals surface area contributed by atoms with Crippen LogP contribution in [0.15, 0.2) is 42.9 Å². The quantitative estimate of drug-likeness (QED) is 0.0275. The number of benzene rings is 1. The van der Waals surface area contributed by atoms with Gasteiger partial charge in [-0.15, -0.1) is 0 Å². The zero-order valence-electron chi connectivity index (χ0n) is 51.1. The number of nitrogens with one attached hydrogen (secondary N) is 11. The average Bonchev–Trinajstić information content (AvgIpc) is 2.37. The third kappa shape index (κ3) is 27.5. The molecule has 13 atom stereocenters. The summed E-state index contributed by atoms with van der Waals surface area (Å²) in [4.78, 5) is 192. The number of hydrogen-bond donors (Lipinski definition) is 19. The number of carboxylic acid groups (broad SMARTS) is 2. The monoisotopic (exact) mass is 1270 g/mol. The van der Waals surface area contributed by atoms with Gasteiger partial charge in [0, 0.05) is 31.2 Å². The van der Waals surface area contributed by atoms with Gasteiger partial charge in [0.05, 0.1) is 37.9 Å². The lowest BCUT2D eigenvalue weighted by Gasteiger charge is -2.30. The number of hydrogen-bond acceptors (Lipinski definition) is 19. The Labute approximate surface area is 518 Å². The number of aromatic amines is 1. The molecule has 0 saturated heterocycles. The highest BCUT2D eigenvalue weighted by molar-refractivity contribution is 6.00. The second kappa shape index (κ2) is 39.0. The van der Waals surface area contributed by atoms with Crippen molar-refractivity contribution in [1.82, 2.24) is 63.1 Å². The number of H-pyrrole nitrogens is 1. The molecule has 0 saturated carbocycles. The van der Waals surface area contributed by atoms with Crippen LogP contribution >= 0.6 is 0 Å². The molecule has 0 radical (unpaired) electrons. The van der Waals surface area contributed by atoms with Gasteiger partial charge in [0.1, 0.15) is 60.4 Å². The van der Waals surface area contributed by atoms with Crippen LogP contribution in [-0.2, 0) is 80.0 Å². The van der Waals surface area contributed by atoms with Crippen LogP contribution in [0.4, 0.5) is 0 Å². The number of carbonyl (C=O) groups is 14. The Kier molecular flexibility index (Phi) is 33.3. The van der Waals surface area contributed by atoms with Gasteiger partial charge in [-0.05, 0) is 69.9 Å². The van der Waals surface area contributed by atoms with E-state index in [0.29, 0.717) is 24.1 Å². The van der Waals surface area contributed by atoms with Gasteiger partial charge in [-0.1, -0.05) is 64.4 Å². The first-order valence-electron chi connectivity index (χ1n) is 29.1. The number of amides is 12. The summed E-state index contributed by atoms with van der Waals surface area (Å²) in [6, 6.07) is -9.67. The van der Waals surface area contributed by atoms with Gasteiger partial charge in [0.15, 0.2) is 0 Å². The third-order valence-corrected chi connectivity index (χ3v) is 13.9. The molecule has 1 heterocycles. The van der Waals surface area contributed by atoms with Gasteiger partial charge in [-0.25, -0.2) is 9.78 Å². The maximum atomic E-state index is 14.5. The normalized spacial score (nSPS) is 15.5. The molecule has 1 aromatic carbocycles. The number of aliphatic carboxylic acids is 2. The number of primary amides is 2. The lowest BCUT2D eigenvalue weighted by molar-refractivity contribution is -0.143. The Bertz CT molecular complexity index is 2770. The second-order valence-corrected chi connectivity index (χ2v) is 22.0. The van der Waals surface area contributed by atoms with E-state index in [4.69, 9.17) is 22.9 Å². The fraction of sp³-hybridized carbons (Fsp3) is 0.589. The fourth-order valence-corrected chi connectivity index (χ4v) is 8.70. The summed E-state index contributed by atoms with van der Waals surface area (Å²) in [6.45, 7) is 8.13. The van der Waals surface area contributed by atoms with E-state index < -0.39 is 194 Å². The van der Waals surface area contributed by atoms with Gasteiger partial charge >= 0.3 is 11.9 Å². The zero-order valence-corrected chi connectivity index (χ0v) is 51.1. The van der Waals surface area contributed by atoms with Gasteiger partial charge in [0.2, 0.25) is 70.9 Å². The second-order valence-electron chi connectivity index (χ2n) is 22.0. The van der Waals surface area contributed by atoms with Crippen molar-refractivity contribution < 1.29 is 87.5 Å². The minimum atomic E-state index is -1.92. The van der Waals surface area contributed by atoms with E-state index in [0.717, 1.165) is 6.92 Å². The van der Waals surface area contributed by atoms with E-state index in [9.17, 15) is 87.5 Å². The number of rotatable bonds is 42. The molecule has 500 valence electrons. The molecule has 23 N–H and O–H groups in total. The topological polar surface area (TPSA) is 573 Å². The molecule has 90 heavy (non-hydrogen) atoms. The number of aromatic nitrogens is 2. The van der Waals surface area contributed by atoms with E-state index in [-0.39, 0.29) is 44.6 Å². The lowest BCUT2D eigenvalue weighted by Crippen LogP contribution is -2.63. The Morgan fingerprint density at radius 2 is 1.04 bits per heavy atom. The molecule has 1 aromatic heterocycles. The lowest BCUT2D eigenvalue weighted by atomic mass is 9.96. The maximum Gasteiger partial charge on any atom is 0.326 e. The van der Waals surface area contributed by atoms with Crippen LogP contribution in [-0.4, -0.2) is 199 Å². The molecule has 2 rings (SSSR count). The predicted molar refractivity (Wildman–Crippen MR) is 318 cm³/mol. The van der Waals surface area contributed by atoms with E-state index >= 15 is 0 Å². The number of carbonyl (C=O) groups excluding carboxylic acids is 12. The van der Waals surface area contributed by atoms with Gasteiger partial charge in [-0.3, -0.25) is 62.3 Å². The van der Waals surface area contributed by atoms with Crippen LogP contribution < -0.4 is 76.1 Å². The van der Waals surface area contributed by atoms with Crippen molar-refractivity contribution in [2.45, 2.75) is 185 Å². The summed E-state index contributed by atoms with van der Waals surface area (Å²) >= 11 is 0. The molecule has 0 aliphatic heterocycles. The van der Waals surface area contributed by atoms with Crippen molar-refractivity contribution in [3.05, 3.63) is 54.1 Å².